The predicted octanol–water partition coefficient (Wildman–Crippen LogP) is 1.73. The molecule has 0 radical (unpaired) electrons. The first-order chi connectivity index (χ1) is 6.47. The van der Waals surface area contributed by atoms with E-state index in [1.54, 1.807) is 0 Å². The maximum absolute atomic E-state index is 11.6. The number of halogens is 2. The van der Waals surface area contributed by atoms with Gasteiger partial charge in [-0.25, -0.2) is 8.42 Å². The van der Waals surface area contributed by atoms with Crippen molar-refractivity contribution in [2.24, 2.45) is 5.73 Å². The Morgan fingerprint density at radius 2 is 1.93 bits per heavy atom. The zero-order valence-electron chi connectivity index (χ0n) is 7.20. The van der Waals surface area contributed by atoms with Crippen molar-refractivity contribution in [1.82, 2.24) is 0 Å². The fraction of sp³-hybridized carbons (Fsp3) is 0.250. The summed E-state index contributed by atoms with van der Waals surface area (Å²) in [5.74, 6) is -0.117. The van der Waals surface area contributed by atoms with Crippen LogP contribution in [0.1, 0.15) is 0 Å². The Balaban J connectivity index is 3.20. The van der Waals surface area contributed by atoms with E-state index in [2.05, 4.69) is 0 Å². The van der Waals surface area contributed by atoms with Crippen LogP contribution < -0.4 is 5.73 Å². The third kappa shape index (κ3) is 2.60. The molecule has 14 heavy (non-hydrogen) atoms. The van der Waals surface area contributed by atoms with Crippen molar-refractivity contribution in [2.75, 3.05) is 12.3 Å². The number of hydrogen-bond donors (Lipinski definition) is 1. The minimum Gasteiger partial charge on any atom is -0.329 e. The summed E-state index contributed by atoms with van der Waals surface area (Å²) >= 11 is 11.4. The van der Waals surface area contributed by atoms with Gasteiger partial charge in [0.25, 0.3) is 0 Å². The molecule has 3 nitrogen and oxygen atoms in total. The molecule has 0 bridgehead atoms. The molecule has 0 aromatic heterocycles. The smallest absolute Gasteiger partial charge is 0.181 e. The molecule has 0 aliphatic heterocycles. The molecule has 0 amide bonds. The van der Waals surface area contributed by atoms with E-state index in [0.29, 0.717) is 5.02 Å². The Labute approximate surface area is 92.7 Å². The van der Waals surface area contributed by atoms with E-state index in [1.165, 1.54) is 18.2 Å². The Morgan fingerprint density at radius 3 is 2.43 bits per heavy atom. The predicted molar refractivity (Wildman–Crippen MR) is 57.6 cm³/mol. The Kier molecular flexibility index (Phi) is 3.78. The molecular weight excluding hydrogens is 245 g/mol. The van der Waals surface area contributed by atoms with E-state index >= 15 is 0 Å². The Bertz CT molecular complexity index is 431. The quantitative estimate of drug-likeness (QED) is 0.893. The van der Waals surface area contributed by atoms with Crippen LogP contribution in [-0.2, 0) is 9.84 Å². The number of sulfone groups is 1. The summed E-state index contributed by atoms with van der Waals surface area (Å²) in [6, 6.07) is 4.26. The lowest BCUT2D eigenvalue weighted by Crippen LogP contribution is -2.16. The van der Waals surface area contributed by atoms with E-state index in [9.17, 15) is 8.42 Å². The number of hydrogen-bond acceptors (Lipinski definition) is 3. The van der Waals surface area contributed by atoms with E-state index in [-0.39, 0.29) is 22.2 Å². The second kappa shape index (κ2) is 4.49. The van der Waals surface area contributed by atoms with Gasteiger partial charge >= 0.3 is 0 Å². The maximum Gasteiger partial charge on any atom is 0.181 e. The largest absolute Gasteiger partial charge is 0.329 e. The summed E-state index contributed by atoms with van der Waals surface area (Å²) in [6.45, 7) is 0.0707. The lowest BCUT2D eigenvalue weighted by molar-refractivity contribution is 0.596. The van der Waals surface area contributed by atoms with Gasteiger partial charge in [0.1, 0.15) is 0 Å². The minimum absolute atomic E-state index is 0.0707. The van der Waals surface area contributed by atoms with Crippen molar-refractivity contribution in [3.8, 4) is 0 Å². The Hall–Kier alpha value is -0.290. The summed E-state index contributed by atoms with van der Waals surface area (Å²) in [4.78, 5) is 0.0778. The van der Waals surface area contributed by atoms with E-state index < -0.39 is 9.84 Å². The highest BCUT2D eigenvalue weighted by Gasteiger charge is 2.16. The number of rotatable bonds is 3. The number of benzene rings is 1. The zero-order valence-corrected chi connectivity index (χ0v) is 9.53. The van der Waals surface area contributed by atoms with Crippen molar-refractivity contribution in [1.29, 1.82) is 0 Å². The Morgan fingerprint density at radius 1 is 1.29 bits per heavy atom. The van der Waals surface area contributed by atoms with E-state index in [4.69, 9.17) is 28.9 Å². The van der Waals surface area contributed by atoms with Gasteiger partial charge in [0.05, 0.1) is 15.7 Å². The van der Waals surface area contributed by atoms with Crippen LogP contribution >= 0.6 is 23.2 Å². The van der Waals surface area contributed by atoms with Crippen molar-refractivity contribution in [3.63, 3.8) is 0 Å². The van der Waals surface area contributed by atoms with Gasteiger partial charge in [-0.1, -0.05) is 23.2 Å². The summed E-state index contributed by atoms with van der Waals surface area (Å²) < 4.78 is 23.1. The zero-order chi connectivity index (χ0) is 10.8. The van der Waals surface area contributed by atoms with Gasteiger partial charge in [-0.05, 0) is 18.2 Å². The van der Waals surface area contributed by atoms with Gasteiger partial charge in [0.15, 0.2) is 9.84 Å². The number of nitrogens with two attached hydrogens (primary N) is 1. The molecular formula is C8H9Cl2NO2S. The van der Waals surface area contributed by atoms with Crippen LogP contribution in [0.5, 0.6) is 0 Å². The maximum atomic E-state index is 11.6. The first kappa shape index (κ1) is 11.8. The van der Waals surface area contributed by atoms with Crippen LogP contribution in [0.15, 0.2) is 23.1 Å². The van der Waals surface area contributed by atoms with Crippen LogP contribution in [0.25, 0.3) is 0 Å². The van der Waals surface area contributed by atoms with Crippen molar-refractivity contribution in [2.45, 2.75) is 4.90 Å². The van der Waals surface area contributed by atoms with E-state index in [0.717, 1.165) is 0 Å². The van der Waals surface area contributed by atoms with Crippen LogP contribution in [0.2, 0.25) is 10.0 Å². The highest BCUT2D eigenvalue weighted by molar-refractivity contribution is 7.91. The first-order valence-corrected chi connectivity index (χ1v) is 6.26. The standard InChI is InChI=1S/C8H9Cl2NO2S/c9-6-1-2-8(7(10)5-6)14(12,13)4-3-11/h1-2,5H,3-4,11H2. The van der Waals surface area contributed by atoms with Gasteiger partial charge in [0, 0.05) is 11.6 Å². The van der Waals surface area contributed by atoms with Crippen LogP contribution in [-0.4, -0.2) is 20.7 Å². The summed E-state index contributed by atoms with van der Waals surface area (Å²) in [5.41, 5.74) is 5.18. The highest BCUT2D eigenvalue weighted by atomic mass is 35.5. The molecule has 0 aliphatic rings. The average molecular weight is 254 g/mol. The molecule has 1 aromatic rings. The normalized spacial score (nSPS) is 11.6. The lowest BCUT2D eigenvalue weighted by atomic mass is 10.4. The summed E-state index contributed by atoms with van der Waals surface area (Å²) in [6.07, 6.45) is 0. The average Bonchev–Trinajstić information content (AvgIpc) is 2.02. The van der Waals surface area contributed by atoms with Gasteiger partial charge in [-0.3, -0.25) is 0 Å². The van der Waals surface area contributed by atoms with Crippen molar-refractivity contribution < 1.29 is 8.42 Å². The molecule has 2 N–H and O–H groups in total. The minimum atomic E-state index is -3.37. The highest BCUT2D eigenvalue weighted by Crippen LogP contribution is 2.25. The first-order valence-electron chi connectivity index (χ1n) is 3.85. The van der Waals surface area contributed by atoms with Crippen LogP contribution in [0.3, 0.4) is 0 Å². The van der Waals surface area contributed by atoms with Crippen LogP contribution in [0, 0.1) is 0 Å². The van der Waals surface area contributed by atoms with Crippen molar-refractivity contribution in [3.05, 3.63) is 28.2 Å². The third-order valence-electron chi connectivity index (χ3n) is 1.62. The van der Waals surface area contributed by atoms with Gasteiger partial charge < -0.3 is 5.73 Å². The molecule has 0 spiro atoms. The SMILES string of the molecule is NCCS(=O)(=O)c1ccc(Cl)cc1Cl. The van der Waals surface area contributed by atoms with Crippen molar-refractivity contribution >= 4 is 33.0 Å². The van der Waals surface area contributed by atoms with Gasteiger partial charge in [-0.15, -0.1) is 0 Å². The second-order valence-corrected chi connectivity index (χ2v) is 5.60. The molecule has 1 aromatic carbocycles. The molecule has 0 heterocycles. The molecule has 0 atom stereocenters. The molecule has 0 fully saturated rings. The summed E-state index contributed by atoms with van der Waals surface area (Å²) in [7, 11) is -3.37. The second-order valence-electron chi connectivity index (χ2n) is 2.68. The molecule has 1 rings (SSSR count). The molecule has 0 aliphatic carbocycles. The third-order valence-corrected chi connectivity index (χ3v) is 4.07. The van der Waals surface area contributed by atoms with Crippen LogP contribution in [0.4, 0.5) is 0 Å². The van der Waals surface area contributed by atoms with E-state index in [1.807, 2.05) is 0 Å². The molecule has 0 saturated heterocycles. The summed E-state index contributed by atoms with van der Waals surface area (Å²) in [5, 5.41) is 0.535. The molecule has 0 unspecified atom stereocenters. The molecule has 0 saturated carbocycles. The topological polar surface area (TPSA) is 60.2 Å². The lowest BCUT2D eigenvalue weighted by Gasteiger charge is -2.04. The van der Waals surface area contributed by atoms with Gasteiger partial charge in [0.2, 0.25) is 0 Å². The fourth-order valence-corrected chi connectivity index (χ4v) is 2.92. The molecule has 6 heteroatoms. The van der Waals surface area contributed by atoms with Gasteiger partial charge in [-0.2, -0.15) is 0 Å². The molecule has 78 valence electrons. The monoisotopic (exact) mass is 253 g/mol. The fourth-order valence-electron chi connectivity index (χ4n) is 0.993.